The second kappa shape index (κ2) is 12.7. The molecule has 2 amide bonds. The van der Waals surface area contributed by atoms with Gasteiger partial charge in [0.1, 0.15) is 17.3 Å². The van der Waals surface area contributed by atoms with Gasteiger partial charge in [-0.05, 0) is 60.9 Å². The van der Waals surface area contributed by atoms with E-state index in [1.54, 1.807) is 0 Å². The van der Waals surface area contributed by atoms with Crippen molar-refractivity contribution >= 4 is 12.0 Å². The second-order valence-corrected chi connectivity index (χ2v) is 11.1. The number of nitrogens with two attached hydrogens (primary N) is 1. The number of carbonyl (C=O) groups excluding carboxylic acids is 2. The summed E-state index contributed by atoms with van der Waals surface area (Å²) in [5.41, 5.74) is 4.99. The quantitative estimate of drug-likeness (QED) is 0.229. The highest BCUT2D eigenvalue weighted by atomic mass is 19.3. The highest BCUT2D eigenvalue weighted by Gasteiger charge is 2.31. The van der Waals surface area contributed by atoms with Gasteiger partial charge in [0.2, 0.25) is 5.89 Å². The number of aromatic nitrogens is 1. The maximum absolute atomic E-state index is 14.2. The first-order valence-corrected chi connectivity index (χ1v) is 13.2. The van der Waals surface area contributed by atoms with Crippen molar-refractivity contribution in [1.82, 2.24) is 10.3 Å². The maximum atomic E-state index is 14.2. The van der Waals surface area contributed by atoms with Crippen LogP contribution in [0.1, 0.15) is 67.9 Å². The van der Waals surface area contributed by atoms with Crippen LogP contribution in [-0.2, 0) is 11.3 Å². The minimum Gasteiger partial charge on any atom is -0.489 e. The summed E-state index contributed by atoms with van der Waals surface area (Å²) in [5.74, 6) is -2.48. The van der Waals surface area contributed by atoms with Crippen molar-refractivity contribution in [2.75, 3.05) is 6.61 Å². The van der Waals surface area contributed by atoms with Crippen LogP contribution in [0, 0.1) is 23.0 Å². The largest absolute Gasteiger partial charge is 0.489 e. The number of amides is 2. The van der Waals surface area contributed by atoms with Crippen LogP contribution in [0.5, 0.6) is 11.5 Å². The Kier molecular flexibility index (Phi) is 9.27. The van der Waals surface area contributed by atoms with E-state index < -0.39 is 41.9 Å². The van der Waals surface area contributed by atoms with Crippen LogP contribution in [0.2, 0.25) is 0 Å². The molecule has 1 atom stereocenters. The molecule has 0 saturated heterocycles. The number of rotatable bonds is 12. The molecule has 1 heterocycles. The van der Waals surface area contributed by atoms with E-state index >= 15 is 0 Å². The Balaban J connectivity index is 1.70. The monoisotopic (exact) mass is 593 g/mol. The van der Waals surface area contributed by atoms with Gasteiger partial charge >= 0.3 is 12.7 Å². The molecule has 1 aliphatic rings. The van der Waals surface area contributed by atoms with Gasteiger partial charge in [-0.2, -0.15) is 8.78 Å². The van der Waals surface area contributed by atoms with Gasteiger partial charge in [0, 0.05) is 11.6 Å². The second-order valence-electron chi connectivity index (χ2n) is 11.1. The van der Waals surface area contributed by atoms with E-state index in [9.17, 15) is 27.2 Å². The van der Waals surface area contributed by atoms with E-state index in [0.29, 0.717) is 24.2 Å². The van der Waals surface area contributed by atoms with Crippen LogP contribution in [0.15, 0.2) is 40.8 Å². The average molecular weight is 594 g/mol. The van der Waals surface area contributed by atoms with Gasteiger partial charge in [-0.1, -0.05) is 20.8 Å². The third kappa shape index (κ3) is 8.37. The van der Waals surface area contributed by atoms with E-state index in [1.165, 1.54) is 18.2 Å². The fraction of sp³-hybridized carbons (Fsp3) is 0.414. The lowest BCUT2D eigenvalue weighted by molar-refractivity contribution is -0.0515. The number of halogens is 4. The molecule has 0 radical (unpaired) electrons. The Labute approximate surface area is 239 Å². The molecule has 1 unspecified atom stereocenters. The number of carbonyl (C=O) groups is 2. The zero-order valence-corrected chi connectivity index (χ0v) is 23.2. The first-order valence-electron chi connectivity index (χ1n) is 13.2. The van der Waals surface area contributed by atoms with Crippen molar-refractivity contribution in [3.05, 3.63) is 65.1 Å². The average Bonchev–Trinajstić information content (AvgIpc) is 3.61. The number of benzene rings is 2. The number of nitrogens with zero attached hydrogens (tertiary/aromatic N) is 1. The van der Waals surface area contributed by atoms with Gasteiger partial charge in [-0.15, -0.1) is 0 Å². The fourth-order valence-corrected chi connectivity index (χ4v) is 4.12. The van der Waals surface area contributed by atoms with Gasteiger partial charge < -0.3 is 29.7 Å². The van der Waals surface area contributed by atoms with Crippen molar-refractivity contribution in [1.29, 1.82) is 0 Å². The van der Waals surface area contributed by atoms with Crippen LogP contribution < -0.4 is 20.5 Å². The molecule has 1 fully saturated rings. The molecule has 13 heteroatoms. The van der Waals surface area contributed by atoms with E-state index in [2.05, 4.69) is 15.0 Å². The molecule has 0 spiro atoms. The molecular formula is C29H31F4N3O6. The summed E-state index contributed by atoms with van der Waals surface area (Å²) in [6, 6.07) is 6.68. The molecule has 3 N–H and O–H groups in total. The predicted octanol–water partition coefficient (Wildman–Crippen LogP) is 6.51. The minimum atomic E-state index is -3.07. The van der Waals surface area contributed by atoms with Crippen LogP contribution in [0.25, 0.3) is 11.5 Å². The Morgan fingerprint density at radius 1 is 1.12 bits per heavy atom. The number of hydrogen-bond donors (Lipinski definition) is 2. The fourth-order valence-electron chi connectivity index (χ4n) is 4.12. The third-order valence-corrected chi connectivity index (χ3v) is 6.25. The number of alkyl halides is 2. The van der Waals surface area contributed by atoms with Crippen molar-refractivity contribution < 1.29 is 45.8 Å². The van der Waals surface area contributed by atoms with E-state index in [-0.39, 0.29) is 47.2 Å². The van der Waals surface area contributed by atoms with Crippen molar-refractivity contribution in [3.63, 3.8) is 0 Å². The first-order chi connectivity index (χ1) is 19.8. The molecular weight excluding hydrogens is 562 g/mol. The highest BCUT2D eigenvalue weighted by molar-refractivity contribution is 5.94. The SMILES string of the molecule is CC(C)(C)CC(OC(N)=O)c1oc(-c2ccc(OC(F)F)c(OCC3CC3)c2)nc1CNC(=O)c1ccc(F)cc1F. The normalized spacial score (nSPS) is 14.0. The molecule has 4 rings (SSSR count). The van der Waals surface area contributed by atoms with Gasteiger partial charge in [-0.3, -0.25) is 4.79 Å². The molecule has 2 aromatic carbocycles. The van der Waals surface area contributed by atoms with Gasteiger partial charge in [0.05, 0.1) is 18.7 Å². The lowest BCUT2D eigenvalue weighted by atomic mass is 9.88. The maximum Gasteiger partial charge on any atom is 0.405 e. The Morgan fingerprint density at radius 3 is 2.48 bits per heavy atom. The number of oxazole rings is 1. The molecule has 1 aromatic heterocycles. The molecule has 1 saturated carbocycles. The standard InChI is InChI=1S/C29H31F4N3O6/c1-29(2,3)12-23(41-28(34)38)24-20(13-35-25(37)18-8-7-17(30)11-19(18)31)36-26(42-24)16-6-9-21(40-27(32)33)22(10-16)39-14-15-4-5-15/h6-11,15,23,27H,4-5,12-14H2,1-3H3,(H2,34,38)(H,35,37). The summed E-state index contributed by atoms with van der Waals surface area (Å²) >= 11 is 0. The molecule has 226 valence electrons. The van der Waals surface area contributed by atoms with Crippen LogP contribution in [0.3, 0.4) is 0 Å². The topological polar surface area (TPSA) is 126 Å². The van der Waals surface area contributed by atoms with Crippen molar-refractivity contribution in [2.45, 2.75) is 59.3 Å². The van der Waals surface area contributed by atoms with Crippen LogP contribution >= 0.6 is 0 Å². The van der Waals surface area contributed by atoms with E-state index in [1.807, 2.05) is 20.8 Å². The third-order valence-electron chi connectivity index (χ3n) is 6.25. The molecule has 9 nitrogen and oxygen atoms in total. The lowest BCUT2D eigenvalue weighted by Crippen LogP contribution is -2.26. The van der Waals surface area contributed by atoms with Gasteiger partial charge in [0.15, 0.2) is 23.4 Å². The zero-order chi connectivity index (χ0) is 30.6. The van der Waals surface area contributed by atoms with Crippen molar-refractivity contribution in [2.24, 2.45) is 17.1 Å². The molecule has 3 aromatic rings. The Morgan fingerprint density at radius 2 is 1.86 bits per heavy atom. The predicted molar refractivity (Wildman–Crippen MR) is 142 cm³/mol. The van der Waals surface area contributed by atoms with E-state index in [0.717, 1.165) is 25.0 Å². The van der Waals surface area contributed by atoms with Gasteiger partial charge in [0.25, 0.3) is 5.91 Å². The van der Waals surface area contributed by atoms with Crippen LogP contribution in [-0.4, -0.2) is 30.2 Å². The Hall–Kier alpha value is -4.29. The van der Waals surface area contributed by atoms with E-state index in [4.69, 9.17) is 19.6 Å². The first kappa shape index (κ1) is 30.7. The summed E-state index contributed by atoms with van der Waals surface area (Å²) < 4.78 is 75.2. The molecule has 42 heavy (non-hydrogen) atoms. The zero-order valence-electron chi connectivity index (χ0n) is 23.2. The summed E-state index contributed by atoms with van der Waals surface area (Å²) in [6.07, 6.45) is 0.0919. The summed E-state index contributed by atoms with van der Waals surface area (Å²) in [5, 5.41) is 2.51. The van der Waals surface area contributed by atoms with Crippen LogP contribution in [0.4, 0.5) is 22.4 Å². The molecule has 0 aliphatic heterocycles. The minimum absolute atomic E-state index is 0.00550. The highest BCUT2D eigenvalue weighted by Crippen LogP contribution is 2.39. The number of primary amides is 1. The summed E-state index contributed by atoms with van der Waals surface area (Å²) in [7, 11) is 0. The summed E-state index contributed by atoms with van der Waals surface area (Å²) in [4.78, 5) is 28.9. The number of ether oxygens (including phenoxy) is 3. The number of hydrogen-bond acceptors (Lipinski definition) is 7. The molecule has 0 bridgehead atoms. The lowest BCUT2D eigenvalue weighted by Gasteiger charge is -2.24. The summed E-state index contributed by atoms with van der Waals surface area (Å²) in [6.45, 7) is 2.63. The molecule has 1 aliphatic carbocycles. The Bertz CT molecular complexity index is 1440. The van der Waals surface area contributed by atoms with Crippen molar-refractivity contribution in [3.8, 4) is 23.0 Å². The number of nitrogens with one attached hydrogen (secondary N) is 1. The van der Waals surface area contributed by atoms with Gasteiger partial charge in [-0.25, -0.2) is 18.6 Å². The smallest absolute Gasteiger partial charge is 0.405 e.